The van der Waals surface area contributed by atoms with Crippen molar-refractivity contribution in [1.82, 2.24) is 0 Å². The highest BCUT2D eigenvalue weighted by Gasteiger charge is 2.21. The summed E-state index contributed by atoms with van der Waals surface area (Å²) in [6, 6.07) is 31.3. The maximum Gasteiger partial charge on any atom is 0.135 e. The van der Waals surface area contributed by atoms with Crippen molar-refractivity contribution >= 4 is 23.0 Å². The van der Waals surface area contributed by atoms with E-state index in [1.54, 1.807) is 28.4 Å². The maximum absolute atomic E-state index is 6.51. The van der Waals surface area contributed by atoms with E-state index >= 15 is 0 Å². The molecule has 0 bridgehead atoms. The fourth-order valence-corrected chi connectivity index (χ4v) is 4.93. The lowest BCUT2D eigenvalue weighted by atomic mass is 9.96. The van der Waals surface area contributed by atoms with Gasteiger partial charge in [-0.15, -0.1) is 0 Å². The molecule has 2 aliphatic rings. The molecule has 0 saturated heterocycles. The molecule has 4 aromatic rings. The van der Waals surface area contributed by atoms with Crippen molar-refractivity contribution in [1.29, 1.82) is 0 Å². The lowest BCUT2D eigenvalue weighted by molar-refractivity contribution is 0.414. The number of hydrogen-bond acceptors (Lipinski definition) is 6. The molecule has 0 spiro atoms. The van der Waals surface area contributed by atoms with Gasteiger partial charge in [-0.05, 0) is 133 Å². The zero-order chi connectivity index (χ0) is 30.5. The van der Waals surface area contributed by atoms with E-state index in [2.05, 4.69) is 24.3 Å². The Labute approximate surface area is 257 Å². The zero-order valence-electron chi connectivity index (χ0n) is 25.0. The molecule has 0 atom stereocenters. The van der Waals surface area contributed by atoms with E-state index in [9.17, 15) is 0 Å². The Morgan fingerprint density at radius 1 is 0.318 bits per heavy atom. The van der Waals surface area contributed by atoms with E-state index in [-0.39, 0.29) is 0 Å². The first-order valence-electron chi connectivity index (χ1n) is 14.1. The molecule has 0 saturated carbocycles. The molecule has 2 aliphatic heterocycles. The van der Waals surface area contributed by atoms with Crippen LogP contribution in [0.1, 0.15) is 22.3 Å². The predicted octanol–water partition coefficient (Wildman–Crippen LogP) is 8.54. The van der Waals surface area contributed by atoms with Crippen molar-refractivity contribution in [2.45, 2.75) is 0 Å². The third-order valence-corrected chi connectivity index (χ3v) is 7.42. The first-order chi connectivity index (χ1) is 21.6. The molecule has 0 amide bonds. The summed E-state index contributed by atoms with van der Waals surface area (Å²) in [6.45, 7) is 0. The number of benzene rings is 4. The minimum absolute atomic E-state index is 0.716. The number of rotatable bonds is 8. The average Bonchev–Trinajstić information content (AvgIpc) is 3.11. The minimum Gasteiger partial charge on any atom is -0.497 e. The Bertz CT molecular complexity index is 1520. The molecular weight excluding hydrogens is 552 g/mol. The average molecular weight is 585 g/mol. The smallest absolute Gasteiger partial charge is 0.135 e. The normalized spacial score (nSPS) is 14.3. The number of hydrogen-bond donors (Lipinski definition) is 0. The fraction of sp³-hybridized carbons (Fsp3) is 0.105. The fourth-order valence-electron chi connectivity index (χ4n) is 4.93. The Kier molecular flexibility index (Phi) is 8.23. The topological polar surface area (TPSA) is 55.4 Å². The third kappa shape index (κ3) is 6.10. The van der Waals surface area contributed by atoms with E-state index in [0.29, 0.717) is 23.0 Å². The standard InChI is InChI=1S/C38H32O6/c1-39-31-13-5-25(6-14-31)35-21-29(22-36(43-35)26-7-15-32(40-2)16-8-26)30-23-37(27-9-17-33(41-3)18-10-27)44-38(24-30)28-11-19-34(42-4)20-12-28/h5-24H,1-4H3. The number of allylic oxidation sites excluding steroid dienone is 6. The molecule has 6 heteroatoms. The van der Waals surface area contributed by atoms with Crippen LogP contribution < -0.4 is 18.9 Å². The van der Waals surface area contributed by atoms with Gasteiger partial charge in [0.25, 0.3) is 0 Å². The van der Waals surface area contributed by atoms with Crippen LogP contribution in [0.5, 0.6) is 23.0 Å². The van der Waals surface area contributed by atoms with Crippen LogP contribution in [0, 0.1) is 0 Å². The SMILES string of the molecule is COc1ccc(C2=CC(=C3C=C(c4ccc(OC)cc4)OC(c4ccc(OC)cc4)=C3)C=C(c3ccc(OC)cc3)O2)cc1. The molecular formula is C38H32O6. The Balaban J connectivity index is 1.52. The van der Waals surface area contributed by atoms with Gasteiger partial charge in [-0.1, -0.05) is 0 Å². The van der Waals surface area contributed by atoms with Crippen LogP contribution in [0.2, 0.25) is 0 Å². The van der Waals surface area contributed by atoms with Crippen molar-refractivity contribution in [3.8, 4) is 23.0 Å². The van der Waals surface area contributed by atoms with Crippen molar-refractivity contribution in [2.75, 3.05) is 28.4 Å². The molecule has 2 heterocycles. The molecule has 0 aromatic heterocycles. The highest BCUT2D eigenvalue weighted by Crippen LogP contribution is 2.39. The van der Waals surface area contributed by atoms with Gasteiger partial charge in [0.2, 0.25) is 0 Å². The van der Waals surface area contributed by atoms with Gasteiger partial charge in [0.1, 0.15) is 46.0 Å². The molecule has 0 unspecified atom stereocenters. The summed E-state index contributed by atoms with van der Waals surface area (Å²) in [5.74, 6) is 5.97. The quantitative estimate of drug-likeness (QED) is 0.207. The van der Waals surface area contributed by atoms with Crippen LogP contribution in [0.3, 0.4) is 0 Å². The summed E-state index contributed by atoms with van der Waals surface area (Å²) in [7, 11) is 6.62. The summed E-state index contributed by atoms with van der Waals surface area (Å²) in [5.41, 5.74) is 5.63. The minimum atomic E-state index is 0.716. The van der Waals surface area contributed by atoms with Crippen LogP contribution in [-0.2, 0) is 9.47 Å². The number of ether oxygens (including phenoxy) is 6. The van der Waals surface area contributed by atoms with Crippen molar-refractivity contribution in [3.63, 3.8) is 0 Å². The van der Waals surface area contributed by atoms with Crippen LogP contribution in [0.15, 0.2) is 133 Å². The van der Waals surface area contributed by atoms with E-state index in [4.69, 9.17) is 28.4 Å². The summed E-state index contributed by atoms with van der Waals surface area (Å²) in [6.07, 6.45) is 8.22. The first kappa shape index (κ1) is 28.5. The lowest BCUT2D eigenvalue weighted by Crippen LogP contribution is -2.04. The van der Waals surface area contributed by atoms with Crippen LogP contribution in [0.4, 0.5) is 0 Å². The highest BCUT2D eigenvalue weighted by atomic mass is 16.5. The van der Waals surface area contributed by atoms with Gasteiger partial charge in [0.05, 0.1) is 28.4 Å². The van der Waals surface area contributed by atoms with Crippen molar-refractivity contribution in [3.05, 3.63) is 155 Å². The van der Waals surface area contributed by atoms with Gasteiger partial charge in [0, 0.05) is 22.3 Å². The van der Waals surface area contributed by atoms with Gasteiger partial charge in [-0.2, -0.15) is 0 Å². The van der Waals surface area contributed by atoms with Gasteiger partial charge >= 0.3 is 0 Å². The second-order valence-corrected chi connectivity index (χ2v) is 10.1. The molecule has 0 fully saturated rings. The second kappa shape index (κ2) is 12.7. The highest BCUT2D eigenvalue weighted by molar-refractivity contribution is 5.83. The summed E-state index contributed by atoms with van der Waals surface area (Å²) in [5, 5.41) is 0. The van der Waals surface area contributed by atoms with Crippen LogP contribution in [-0.4, -0.2) is 28.4 Å². The van der Waals surface area contributed by atoms with Crippen molar-refractivity contribution < 1.29 is 28.4 Å². The Morgan fingerprint density at radius 3 is 0.705 bits per heavy atom. The summed E-state index contributed by atoms with van der Waals surface area (Å²) in [4.78, 5) is 0. The zero-order valence-corrected chi connectivity index (χ0v) is 25.0. The molecule has 0 radical (unpaired) electrons. The Morgan fingerprint density at radius 2 is 0.523 bits per heavy atom. The molecule has 4 aromatic carbocycles. The molecule has 44 heavy (non-hydrogen) atoms. The molecule has 0 N–H and O–H groups in total. The number of methoxy groups -OCH3 is 4. The van der Waals surface area contributed by atoms with E-state index in [1.807, 2.05) is 97.1 Å². The van der Waals surface area contributed by atoms with Crippen LogP contribution in [0.25, 0.3) is 23.0 Å². The van der Waals surface area contributed by atoms with E-state index in [0.717, 1.165) is 56.4 Å². The second-order valence-electron chi connectivity index (χ2n) is 10.1. The molecule has 6 rings (SSSR count). The molecule has 6 nitrogen and oxygen atoms in total. The van der Waals surface area contributed by atoms with Gasteiger partial charge in [-0.25, -0.2) is 0 Å². The predicted molar refractivity (Wildman–Crippen MR) is 173 cm³/mol. The van der Waals surface area contributed by atoms with Gasteiger partial charge in [-0.3, -0.25) is 0 Å². The maximum atomic E-state index is 6.51. The summed E-state index contributed by atoms with van der Waals surface area (Å²) >= 11 is 0. The largest absolute Gasteiger partial charge is 0.497 e. The molecule has 0 aliphatic carbocycles. The van der Waals surface area contributed by atoms with Crippen LogP contribution >= 0.6 is 0 Å². The first-order valence-corrected chi connectivity index (χ1v) is 14.1. The van der Waals surface area contributed by atoms with E-state index < -0.39 is 0 Å². The summed E-state index contributed by atoms with van der Waals surface area (Å²) < 4.78 is 34.5. The Hall–Kier alpha value is -5.62. The molecule has 220 valence electrons. The van der Waals surface area contributed by atoms with Gasteiger partial charge < -0.3 is 28.4 Å². The lowest BCUT2D eigenvalue weighted by Gasteiger charge is -2.23. The van der Waals surface area contributed by atoms with Gasteiger partial charge in [0.15, 0.2) is 0 Å². The monoisotopic (exact) mass is 584 g/mol. The van der Waals surface area contributed by atoms with Crippen molar-refractivity contribution in [2.24, 2.45) is 0 Å². The van der Waals surface area contributed by atoms with E-state index in [1.165, 1.54) is 0 Å². The third-order valence-electron chi connectivity index (χ3n) is 7.42.